The molecule has 1 aliphatic heterocycles. The minimum Gasteiger partial charge on any atom is -0.444 e. The summed E-state index contributed by atoms with van der Waals surface area (Å²) in [5.41, 5.74) is 2.49. The summed E-state index contributed by atoms with van der Waals surface area (Å²) in [4.78, 5) is 39.4. The molecule has 0 spiro atoms. The van der Waals surface area contributed by atoms with Gasteiger partial charge in [-0.1, -0.05) is 13.8 Å². The fourth-order valence-electron chi connectivity index (χ4n) is 4.74. The third kappa shape index (κ3) is 5.64. The summed E-state index contributed by atoms with van der Waals surface area (Å²) in [5, 5.41) is 0.863. The molecule has 37 heavy (non-hydrogen) atoms. The highest BCUT2D eigenvalue weighted by Crippen LogP contribution is 2.34. The number of piperazine rings is 1. The maximum absolute atomic E-state index is 13.8. The molecule has 0 N–H and O–H groups in total. The van der Waals surface area contributed by atoms with Crippen molar-refractivity contribution in [1.82, 2.24) is 19.4 Å². The van der Waals surface area contributed by atoms with E-state index in [1.165, 1.54) is 0 Å². The number of aromatic nitrogens is 3. The van der Waals surface area contributed by atoms with Crippen LogP contribution in [0.2, 0.25) is 0 Å². The summed E-state index contributed by atoms with van der Waals surface area (Å²) in [5.74, 6) is 0.825. The van der Waals surface area contributed by atoms with Crippen LogP contribution in [-0.2, 0) is 4.74 Å². The molecule has 198 valence electrons. The molecule has 3 aromatic rings. The lowest BCUT2D eigenvalue weighted by atomic mass is 10.0. The average Bonchev–Trinajstić information content (AvgIpc) is 2.79. The van der Waals surface area contributed by atoms with Crippen LogP contribution >= 0.6 is 38.5 Å². The van der Waals surface area contributed by atoms with Gasteiger partial charge >= 0.3 is 11.8 Å². The topological polar surface area (TPSA) is 80.6 Å². The first-order valence-electron chi connectivity index (χ1n) is 12.4. The Morgan fingerprint density at radius 3 is 2.57 bits per heavy atom. The number of benzene rings is 1. The van der Waals surface area contributed by atoms with E-state index in [1.54, 1.807) is 15.7 Å². The summed E-state index contributed by atoms with van der Waals surface area (Å²) in [6, 6.07) is 5.96. The van der Waals surface area contributed by atoms with Gasteiger partial charge in [0.25, 0.3) is 0 Å². The van der Waals surface area contributed by atoms with Crippen molar-refractivity contribution in [3.8, 4) is 5.69 Å². The summed E-state index contributed by atoms with van der Waals surface area (Å²) < 4.78 is 9.20. The summed E-state index contributed by atoms with van der Waals surface area (Å²) in [6.45, 7) is 15.3. The molecule has 1 saturated heterocycles. The van der Waals surface area contributed by atoms with Gasteiger partial charge < -0.3 is 14.5 Å². The molecule has 8 nitrogen and oxygen atoms in total. The van der Waals surface area contributed by atoms with Crippen LogP contribution in [0.25, 0.3) is 16.6 Å². The van der Waals surface area contributed by atoms with E-state index in [2.05, 4.69) is 67.2 Å². The van der Waals surface area contributed by atoms with Crippen LogP contribution in [0.4, 0.5) is 10.6 Å². The number of nitrogens with zero attached hydrogens (tertiary/aromatic N) is 5. The number of ether oxygens (including phenoxy) is 1. The van der Waals surface area contributed by atoms with Gasteiger partial charge in [-0.3, -0.25) is 9.55 Å². The molecule has 1 aliphatic rings. The zero-order valence-corrected chi connectivity index (χ0v) is 26.0. The monoisotopic (exact) mass is 681 g/mol. The van der Waals surface area contributed by atoms with E-state index in [9.17, 15) is 9.59 Å². The minimum absolute atomic E-state index is 0.0587. The van der Waals surface area contributed by atoms with Crippen LogP contribution in [0, 0.1) is 10.5 Å². The van der Waals surface area contributed by atoms with Crippen molar-refractivity contribution in [3.63, 3.8) is 0 Å². The van der Waals surface area contributed by atoms with Crippen molar-refractivity contribution < 1.29 is 9.53 Å². The Bertz CT molecular complexity index is 1420. The predicted octanol–water partition coefficient (Wildman–Crippen LogP) is 6.03. The number of hydrogen-bond acceptors (Lipinski definition) is 6. The van der Waals surface area contributed by atoms with Crippen LogP contribution in [-0.4, -0.2) is 56.8 Å². The van der Waals surface area contributed by atoms with Crippen LogP contribution in [0.15, 0.2) is 33.7 Å². The third-order valence-electron chi connectivity index (χ3n) is 6.45. The van der Waals surface area contributed by atoms with Crippen LogP contribution in [0.5, 0.6) is 0 Å². The molecule has 0 saturated carbocycles. The zero-order valence-electron chi connectivity index (χ0n) is 22.3. The van der Waals surface area contributed by atoms with Gasteiger partial charge in [0, 0.05) is 45.3 Å². The summed E-state index contributed by atoms with van der Waals surface area (Å²) >= 11 is 5.95. The molecule has 0 unspecified atom stereocenters. The number of anilines is 1. The molecule has 3 heterocycles. The number of pyridine rings is 1. The number of carbonyl (C=O) groups excluding carboxylic acids is 1. The summed E-state index contributed by atoms with van der Waals surface area (Å²) in [7, 11) is 0. The number of halogens is 2. The van der Waals surface area contributed by atoms with E-state index in [1.807, 2.05) is 52.8 Å². The Kier molecular flexibility index (Phi) is 7.90. The van der Waals surface area contributed by atoms with Gasteiger partial charge in [-0.15, -0.1) is 0 Å². The van der Waals surface area contributed by atoms with Crippen molar-refractivity contribution in [2.75, 3.05) is 24.5 Å². The van der Waals surface area contributed by atoms with E-state index in [4.69, 9.17) is 4.74 Å². The van der Waals surface area contributed by atoms with Gasteiger partial charge in [0.05, 0.1) is 16.9 Å². The van der Waals surface area contributed by atoms with Crippen LogP contribution < -0.4 is 10.6 Å². The zero-order chi connectivity index (χ0) is 27.2. The molecule has 0 aliphatic carbocycles. The Labute approximate surface area is 239 Å². The second-order valence-corrected chi connectivity index (χ2v) is 12.8. The summed E-state index contributed by atoms with van der Waals surface area (Å²) in [6.07, 6.45) is 1.47. The van der Waals surface area contributed by atoms with Crippen LogP contribution in [0.3, 0.4) is 0 Å². The number of aryl methyl sites for hydroxylation is 1. The fraction of sp³-hybridized carbons (Fsp3) is 0.481. The number of fused-ring (bicyclic) bond motifs is 1. The van der Waals surface area contributed by atoms with Gasteiger partial charge in [-0.25, -0.2) is 9.59 Å². The first kappa shape index (κ1) is 27.8. The maximum atomic E-state index is 13.8. The van der Waals surface area contributed by atoms with Gasteiger partial charge in [0.15, 0.2) is 0 Å². The van der Waals surface area contributed by atoms with E-state index in [0.29, 0.717) is 25.5 Å². The highest BCUT2D eigenvalue weighted by molar-refractivity contribution is 14.1. The Hall–Kier alpha value is -2.21. The van der Waals surface area contributed by atoms with Gasteiger partial charge in [-0.2, -0.15) is 4.98 Å². The molecule has 1 fully saturated rings. The van der Waals surface area contributed by atoms with Gasteiger partial charge in [0.1, 0.15) is 11.4 Å². The average molecular weight is 682 g/mol. The Morgan fingerprint density at radius 1 is 1.24 bits per heavy atom. The number of rotatable bonds is 3. The molecule has 4 rings (SSSR count). The highest BCUT2D eigenvalue weighted by Gasteiger charge is 2.32. The first-order valence-corrected chi connectivity index (χ1v) is 14.3. The molecule has 1 amide bonds. The Morgan fingerprint density at radius 2 is 1.95 bits per heavy atom. The third-order valence-corrected chi connectivity index (χ3v) is 8.74. The first-order chi connectivity index (χ1) is 17.3. The lowest BCUT2D eigenvalue weighted by Crippen LogP contribution is -2.55. The largest absolute Gasteiger partial charge is 0.444 e. The Balaban J connectivity index is 1.85. The fourth-order valence-corrected chi connectivity index (χ4v) is 5.53. The van der Waals surface area contributed by atoms with Gasteiger partial charge in [0.2, 0.25) is 0 Å². The van der Waals surface area contributed by atoms with E-state index >= 15 is 0 Å². The molecule has 1 aromatic carbocycles. The van der Waals surface area contributed by atoms with Crippen molar-refractivity contribution in [2.24, 2.45) is 0 Å². The number of hydrogen-bond donors (Lipinski definition) is 0. The SMILES string of the molecule is Cc1nccc(C(C)C)c1-n1c(=O)nc(N2CCN(C(=O)OC(C)(C)C)C[C@@H]2C)c2cc(Br)c(I)cc21. The lowest BCUT2D eigenvalue weighted by molar-refractivity contribution is 0.0218. The molecule has 2 aromatic heterocycles. The lowest BCUT2D eigenvalue weighted by Gasteiger charge is -2.41. The van der Waals surface area contributed by atoms with E-state index in [-0.39, 0.29) is 23.7 Å². The van der Waals surface area contributed by atoms with Crippen molar-refractivity contribution in [3.05, 3.63) is 54.2 Å². The molecule has 10 heteroatoms. The number of amides is 1. The molecule has 1 atom stereocenters. The van der Waals surface area contributed by atoms with Crippen LogP contribution in [0.1, 0.15) is 58.7 Å². The smallest absolute Gasteiger partial charge is 0.410 e. The predicted molar refractivity (Wildman–Crippen MR) is 159 cm³/mol. The van der Waals surface area contributed by atoms with Crippen molar-refractivity contribution >= 4 is 61.3 Å². The quantitative estimate of drug-likeness (QED) is 0.315. The second kappa shape index (κ2) is 10.5. The second-order valence-electron chi connectivity index (χ2n) is 10.8. The maximum Gasteiger partial charge on any atom is 0.410 e. The van der Waals surface area contributed by atoms with E-state index in [0.717, 1.165) is 35.9 Å². The normalized spacial score (nSPS) is 16.5. The van der Waals surface area contributed by atoms with Gasteiger partial charge in [-0.05, 0) is 103 Å². The number of carbonyl (C=O) groups is 1. The molecule has 0 radical (unpaired) electrons. The van der Waals surface area contributed by atoms with Crippen molar-refractivity contribution in [1.29, 1.82) is 0 Å². The standard InChI is InChI=1S/C27H33BrIN5O3/c1-15(2)18-8-9-30-17(4)23(18)34-22-13-21(29)20(28)12-19(22)24(31-25(34)35)33-11-10-32(14-16(33)3)26(36)37-27(5,6)7/h8-9,12-13,15-16H,10-11,14H2,1-7H3/t16-/m0/s1. The minimum atomic E-state index is -0.553. The van der Waals surface area contributed by atoms with Crippen molar-refractivity contribution in [2.45, 2.75) is 66.0 Å². The molecular weight excluding hydrogens is 649 g/mol. The molecular formula is C27H33BrIN5O3. The molecule has 0 bridgehead atoms. The van der Waals surface area contributed by atoms with E-state index < -0.39 is 5.60 Å². The highest BCUT2D eigenvalue weighted by atomic mass is 127.